The van der Waals surface area contributed by atoms with Crippen LogP contribution < -0.4 is 17.2 Å². The Morgan fingerprint density at radius 3 is 2.62 bits per heavy atom. The van der Waals surface area contributed by atoms with Gasteiger partial charge in [-0.25, -0.2) is 9.98 Å². The first-order valence-electron chi connectivity index (χ1n) is 8.68. The summed E-state index contributed by atoms with van der Waals surface area (Å²) in [6.07, 6.45) is -5.10. The van der Waals surface area contributed by atoms with Crippen molar-refractivity contribution < 1.29 is 34.8 Å². The number of amides is 1. The third-order valence-corrected chi connectivity index (χ3v) is 5.21. The summed E-state index contributed by atoms with van der Waals surface area (Å²) in [5, 5.41) is 39.6. The molecule has 0 spiro atoms. The van der Waals surface area contributed by atoms with Gasteiger partial charge >= 0.3 is 0 Å². The fourth-order valence-corrected chi connectivity index (χ4v) is 3.49. The Hall–Kier alpha value is -2.33. The number of amidine groups is 1. The van der Waals surface area contributed by atoms with Crippen molar-refractivity contribution in [2.24, 2.45) is 32.2 Å². The number of primary amides is 1. The molecule has 3 aliphatic heterocycles. The molecule has 29 heavy (non-hydrogen) atoms. The van der Waals surface area contributed by atoms with Crippen molar-refractivity contribution >= 4 is 29.6 Å². The van der Waals surface area contributed by atoms with Crippen molar-refractivity contribution in [3.05, 3.63) is 0 Å². The Morgan fingerprint density at radius 1 is 1.45 bits per heavy atom. The molecular formula is C15H23N7O7. The van der Waals surface area contributed by atoms with Crippen molar-refractivity contribution in [1.29, 1.82) is 0 Å². The number of nitrogens with two attached hydrogens (primary N) is 3. The zero-order valence-electron chi connectivity index (χ0n) is 15.4. The lowest BCUT2D eigenvalue weighted by Gasteiger charge is -2.39. The Kier molecular flexibility index (Phi) is 5.29. The lowest BCUT2D eigenvalue weighted by Crippen LogP contribution is -2.69. The van der Waals surface area contributed by atoms with Crippen molar-refractivity contribution in [2.45, 2.75) is 48.8 Å². The number of fused-ring (bicyclic) bond motifs is 1. The van der Waals surface area contributed by atoms with Gasteiger partial charge in [-0.2, -0.15) is 0 Å². The van der Waals surface area contributed by atoms with Crippen LogP contribution in [-0.2, 0) is 14.3 Å². The van der Waals surface area contributed by atoms with Crippen molar-refractivity contribution in [1.82, 2.24) is 4.90 Å². The van der Waals surface area contributed by atoms with E-state index in [-0.39, 0.29) is 18.2 Å². The van der Waals surface area contributed by atoms with E-state index < -0.39 is 60.1 Å². The molecule has 0 aromatic heterocycles. The molecule has 3 aliphatic rings. The van der Waals surface area contributed by atoms with Crippen LogP contribution in [0.25, 0.3) is 0 Å². The highest BCUT2D eigenvalue weighted by Gasteiger charge is 2.65. The lowest BCUT2D eigenvalue weighted by molar-refractivity contribution is -0.179. The van der Waals surface area contributed by atoms with Gasteiger partial charge in [0.2, 0.25) is 11.4 Å². The molecule has 1 amide bonds. The Balaban J connectivity index is 2.01. The second-order valence-corrected chi connectivity index (χ2v) is 7.01. The van der Waals surface area contributed by atoms with Crippen LogP contribution in [0.3, 0.4) is 0 Å². The molecule has 3 unspecified atom stereocenters. The van der Waals surface area contributed by atoms with E-state index in [2.05, 4.69) is 15.0 Å². The SMILES string of the molecule is CC(O)C(N)C(=O)C1(N)N=CN=C2C1=NCN2[C@]1(C(N)=O)O[C@H](CO)[C@@H](O)[C@H]1O. The van der Waals surface area contributed by atoms with Crippen LogP contribution in [0, 0.1) is 0 Å². The van der Waals surface area contributed by atoms with Gasteiger partial charge in [0, 0.05) is 0 Å². The number of nitrogens with zero attached hydrogens (tertiary/aromatic N) is 4. The zero-order chi connectivity index (χ0) is 21.7. The molecule has 0 aromatic rings. The molecular weight excluding hydrogens is 390 g/mol. The molecule has 3 rings (SSSR count). The quantitative estimate of drug-likeness (QED) is 0.217. The Bertz CT molecular complexity index is 815. The van der Waals surface area contributed by atoms with Crippen LogP contribution in [0.2, 0.25) is 0 Å². The van der Waals surface area contributed by atoms with Gasteiger partial charge in [-0.15, -0.1) is 0 Å². The van der Waals surface area contributed by atoms with Crippen molar-refractivity contribution in [3.63, 3.8) is 0 Å². The number of Topliss-reactive ketones (excluding diaryl/α,β-unsaturated/α-hetero) is 1. The topological polar surface area (TPSA) is 243 Å². The van der Waals surface area contributed by atoms with Gasteiger partial charge in [0.05, 0.1) is 18.8 Å². The summed E-state index contributed by atoms with van der Waals surface area (Å²) >= 11 is 0. The highest BCUT2D eigenvalue weighted by molar-refractivity contribution is 6.52. The lowest BCUT2D eigenvalue weighted by atomic mass is 9.90. The first-order chi connectivity index (χ1) is 13.5. The van der Waals surface area contributed by atoms with E-state index in [9.17, 15) is 30.0 Å². The van der Waals surface area contributed by atoms with Gasteiger partial charge in [0.1, 0.15) is 37.0 Å². The van der Waals surface area contributed by atoms with Gasteiger partial charge in [0.25, 0.3) is 11.6 Å². The van der Waals surface area contributed by atoms with Crippen molar-refractivity contribution in [3.8, 4) is 0 Å². The molecule has 3 heterocycles. The zero-order valence-corrected chi connectivity index (χ0v) is 15.4. The predicted octanol–water partition coefficient (Wildman–Crippen LogP) is -5.63. The van der Waals surface area contributed by atoms with E-state index in [0.717, 1.165) is 11.2 Å². The normalized spacial score (nSPS) is 38.3. The number of ether oxygens (including phenoxy) is 1. The minimum Gasteiger partial charge on any atom is -0.394 e. The highest BCUT2D eigenvalue weighted by Crippen LogP contribution is 2.37. The maximum atomic E-state index is 12.7. The summed E-state index contributed by atoms with van der Waals surface area (Å²) in [5.41, 5.74) is 12.7. The molecule has 7 atom stereocenters. The first-order valence-corrected chi connectivity index (χ1v) is 8.68. The molecule has 0 aliphatic carbocycles. The summed E-state index contributed by atoms with van der Waals surface area (Å²) in [6, 6.07) is -1.38. The second-order valence-electron chi connectivity index (χ2n) is 7.01. The maximum Gasteiger partial charge on any atom is 0.274 e. The smallest absolute Gasteiger partial charge is 0.274 e. The van der Waals surface area contributed by atoms with E-state index in [1.54, 1.807) is 0 Å². The Labute approximate surface area is 164 Å². The summed E-state index contributed by atoms with van der Waals surface area (Å²) in [4.78, 5) is 38.0. The third kappa shape index (κ3) is 2.88. The molecule has 0 radical (unpaired) electrons. The Morgan fingerprint density at radius 2 is 2.10 bits per heavy atom. The molecule has 14 heteroatoms. The molecule has 0 aromatic carbocycles. The predicted molar refractivity (Wildman–Crippen MR) is 97.5 cm³/mol. The van der Waals surface area contributed by atoms with Gasteiger partial charge < -0.3 is 36.6 Å². The first kappa shape index (κ1) is 21.4. The summed E-state index contributed by atoms with van der Waals surface area (Å²) in [5.74, 6) is -2.19. The van der Waals surface area contributed by atoms with Crippen LogP contribution in [-0.4, -0.2) is 110 Å². The molecule has 160 valence electrons. The van der Waals surface area contributed by atoms with Crippen LogP contribution in [0.4, 0.5) is 0 Å². The highest BCUT2D eigenvalue weighted by atomic mass is 16.6. The average Bonchev–Trinajstić information content (AvgIpc) is 3.22. The molecule has 0 saturated carbocycles. The largest absolute Gasteiger partial charge is 0.394 e. The van der Waals surface area contributed by atoms with E-state index in [4.69, 9.17) is 21.9 Å². The summed E-state index contributed by atoms with van der Waals surface area (Å²) in [7, 11) is 0. The number of aliphatic hydroxyl groups is 4. The van der Waals surface area contributed by atoms with Gasteiger partial charge in [-0.05, 0) is 6.92 Å². The monoisotopic (exact) mass is 413 g/mol. The number of hydrogen-bond donors (Lipinski definition) is 7. The molecule has 10 N–H and O–H groups in total. The molecule has 1 fully saturated rings. The maximum absolute atomic E-state index is 12.7. The number of aliphatic hydroxyl groups excluding tert-OH is 4. The minimum absolute atomic E-state index is 0.155. The standard InChI is InChI=1S/C15H23N7O7/c1-5(24)7(16)10(26)14(18)9-12(19-3-21-14)22(4-20-9)15(13(17)28)11(27)8(25)6(2-23)29-15/h3,5-8,11,23-25,27H,2,4,16,18H2,1H3,(H2,17,28)/t5?,6-,7?,8-,11-,14?,15+/m1/s1. The van der Waals surface area contributed by atoms with Gasteiger partial charge in [-0.3, -0.25) is 25.2 Å². The number of ketones is 1. The van der Waals surface area contributed by atoms with E-state index >= 15 is 0 Å². The van der Waals surface area contributed by atoms with Crippen LogP contribution >= 0.6 is 0 Å². The number of aliphatic imine (C=N–C) groups is 3. The number of rotatable bonds is 6. The number of carbonyl (C=O) groups is 2. The average molecular weight is 413 g/mol. The number of carbonyl (C=O) groups excluding carboxylic acids is 2. The molecule has 0 bridgehead atoms. The minimum atomic E-state index is -2.33. The van der Waals surface area contributed by atoms with Gasteiger partial charge in [-0.1, -0.05) is 0 Å². The van der Waals surface area contributed by atoms with Crippen molar-refractivity contribution in [2.75, 3.05) is 13.3 Å². The van der Waals surface area contributed by atoms with Crippen LogP contribution in [0.5, 0.6) is 0 Å². The third-order valence-electron chi connectivity index (χ3n) is 5.21. The molecule has 14 nitrogen and oxygen atoms in total. The number of hydrogen-bond acceptors (Lipinski definition) is 13. The fraction of sp³-hybridized carbons (Fsp3) is 0.667. The second kappa shape index (κ2) is 7.17. The van der Waals surface area contributed by atoms with E-state index in [1.165, 1.54) is 6.92 Å². The molecule has 1 saturated heterocycles. The van der Waals surface area contributed by atoms with Gasteiger partial charge in [0.15, 0.2) is 5.84 Å². The van der Waals surface area contributed by atoms with Crippen LogP contribution in [0.15, 0.2) is 15.0 Å². The summed E-state index contributed by atoms with van der Waals surface area (Å²) < 4.78 is 5.44. The summed E-state index contributed by atoms with van der Waals surface area (Å²) in [6.45, 7) is 0.224. The van der Waals surface area contributed by atoms with Crippen LogP contribution in [0.1, 0.15) is 6.92 Å². The van der Waals surface area contributed by atoms with E-state index in [0.29, 0.717) is 0 Å². The van der Waals surface area contributed by atoms with E-state index in [1.807, 2.05) is 0 Å². The fourth-order valence-electron chi connectivity index (χ4n) is 3.49.